The summed E-state index contributed by atoms with van der Waals surface area (Å²) in [7, 11) is 2.09. The first-order chi connectivity index (χ1) is 11.0. The number of thiophene rings is 1. The zero-order valence-corrected chi connectivity index (χ0v) is 14.9. The molecule has 120 valence electrons. The molecule has 2 aliphatic rings. The van der Waals surface area contributed by atoms with Gasteiger partial charge in [0, 0.05) is 28.0 Å². The predicted molar refractivity (Wildman–Crippen MR) is 94.0 cm³/mol. The van der Waals surface area contributed by atoms with Crippen LogP contribution in [0.5, 0.6) is 5.75 Å². The number of phenols is 1. The number of carbonyl (C=O) groups excluding carboxylic acids is 1. The molecule has 2 aliphatic heterocycles. The molecule has 0 fully saturated rings. The highest BCUT2D eigenvalue weighted by Crippen LogP contribution is 2.41. The Hall–Kier alpha value is -1.57. The van der Waals surface area contributed by atoms with E-state index in [1.54, 1.807) is 23.5 Å². The van der Waals surface area contributed by atoms with E-state index in [1.807, 2.05) is 6.07 Å². The Morgan fingerprint density at radius 3 is 3.04 bits per heavy atom. The maximum Gasteiger partial charge on any atom is 0.256 e. The summed E-state index contributed by atoms with van der Waals surface area (Å²) < 4.78 is 0.860. The van der Waals surface area contributed by atoms with Gasteiger partial charge in [0.2, 0.25) is 0 Å². The van der Waals surface area contributed by atoms with Crippen LogP contribution in [0.2, 0.25) is 0 Å². The van der Waals surface area contributed by atoms with Crippen molar-refractivity contribution in [2.45, 2.75) is 19.1 Å². The van der Waals surface area contributed by atoms with Gasteiger partial charge in [0.05, 0.1) is 5.56 Å². The molecular formula is C16H16BrN3O2S. The van der Waals surface area contributed by atoms with Gasteiger partial charge in [-0.1, -0.05) is 15.9 Å². The second-order valence-electron chi connectivity index (χ2n) is 5.95. The lowest BCUT2D eigenvalue weighted by Gasteiger charge is -2.27. The van der Waals surface area contributed by atoms with Crippen molar-refractivity contribution in [3.8, 4) is 5.75 Å². The Labute approximate surface area is 146 Å². The van der Waals surface area contributed by atoms with Crippen LogP contribution >= 0.6 is 27.3 Å². The number of rotatable bonds is 1. The second-order valence-corrected chi connectivity index (χ2v) is 7.97. The first-order valence-electron chi connectivity index (χ1n) is 7.42. The largest absolute Gasteiger partial charge is 0.508 e. The number of anilines is 1. The van der Waals surface area contributed by atoms with E-state index in [-0.39, 0.29) is 11.7 Å². The highest BCUT2D eigenvalue weighted by atomic mass is 79.9. The number of hydrogen-bond donors (Lipinski definition) is 3. The van der Waals surface area contributed by atoms with Crippen LogP contribution in [0.25, 0.3) is 0 Å². The van der Waals surface area contributed by atoms with Crippen LogP contribution in [-0.4, -0.2) is 29.5 Å². The van der Waals surface area contributed by atoms with Crippen molar-refractivity contribution >= 4 is 38.2 Å². The molecule has 5 nitrogen and oxygen atoms in total. The molecule has 3 heterocycles. The van der Waals surface area contributed by atoms with Crippen molar-refractivity contribution in [1.82, 2.24) is 10.2 Å². The average Bonchev–Trinajstić information content (AvgIpc) is 2.87. The van der Waals surface area contributed by atoms with E-state index < -0.39 is 6.17 Å². The van der Waals surface area contributed by atoms with Crippen molar-refractivity contribution < 1.29 is 9.90 Å². The predicted octanol–water partition coefficient (Wildman–Crippen LogP) is 3.06. The fourth-order valence-electron chi connectivity index (χ4n) is 3.16. The number of carbonyl (C=O) groups is 1. The van der Waals surface area contributed by atoms with E-state index in [1.165, 1.54) is 10.4 Å². The number of fused-ring (bicyclic) bond motifs is 3. The lowest BCUT2D eigenvalue weighted by atomic mass is 10.0. The molecule has 4 rings (SSSR count). The number of hydrogen-bond acceptors (Lipinski definition) is 5. The molecule has 0 saturated carbocycles. The van der Waals surface area contributed by atoms with E-state index in [4.69, 9.17) is 0 Å². The molecule has 1 aromatic carbocycles. The lowest BCUT2D eigenvalue weighted by molar-refractivity contribution is 0.0934. The molecule has 1 aromatic heterocycles. The fourth-order valence-corrected chi connectivity index (χ4v) is 4.89. The summed E-state index contributed by atoms with van der Waals surface area (Å²) in [4.78, 5) is 16.1. The summed E-state index contributed by atoms with van der Waals surface area (Å²) in [6.45, 7) is 1.86. The number of halogens is 1. The van der Waals surface area contributed by atoms with Gasteiger partial charge >= 0.3 is 0 Å². The SMILES string of the molecule is CN1CCc2c(sc3c2C(=O)N[C@H](c2cc(Br)ccc2O)N3)C1. The van der Waals surface area contributed by atoms with Crippen LogP contribution in [-0.2, 0) is 13.0 Å². The van der Waals surface area contributed by atoms with E-state index in [9.17, 15) is 9.90 Å². The molecule has 3 N–H and O–H groups in total. The molecule has 2 aromatic rings. The van der Waals surface area contributed by atoms with Crippen LogP contribution in [0.15, 0.2) is 22.7 Å². The molecule has 1 amide bonds. The molecule has 0 saturated heterocycles. The standard InChI is InChI=1S/C16H16BrN3O2S/c1-20-5-4-9-12(7-20)23-16-13(9)15(22)18-14(19-16)10-6-8(17)2-3-11(10)21/h2-3,6,14,19,21H,4-5,7H2,1H3,(H,18,22)/t14-/m0/s1. The minimum atomic E-state index is -0.426. The highest BCUT2D eigenvalue weighted by Gasteiger charge is 2.33. The van der Waals surface area contributed by atoms with Crippen molar-refractivity contribution in [3.05, 3.63) is 44.2 Å². The van der Waals surface area contributed by atoms with E-state index in [2.05, 4.69) is 38.5 Å². The second kappa shape index (κ2) is 5.51. The summed E-state index contributed by atoms with van der Waals surface area (Å²) in [5, 5.41) is 17.3. The van der Waals surface area contributed by atoms with Crippen LogP contribution in [0, 0.1) is 0 Å². The maximum absolute atomic E-state index is 12.6. The Kier molecular flexibility index (Phi) is 3.59. The van der Waals surface area contributed by atoms with Crippen LogP contribution in [0.3, 0.4) is 0 Å². The van der Waals surface area contributed by atoms with E-state index in [0.29, 0.717) is 5.56 Å². The number of amides is 1. The minimum absolute atomic E-state index is 0.0646. The zero-order chi connectivity index (χ0) is 16.1. The Morgan fingerprint density at radius 2 is 2.22 bits per heavy atom. The summed E-state index contributed by atoms with van der Waals surface area (Å²) in [6.07, 6.45) is 0.477. The van der Waals surface area contributed by atoms with Gasteiger partial charge in [-0.25, -0.2) is 0 Å². The molecular weight excluding hydrogens is 378 g/mol. The summed E-state index contributed by atoms with van der Waals surface area (Å²) in [5.41, 5.74) is 2.61. The van der Waals surface area contributed by atoms with Crippen molar-refractivity contribution in [3.63, 3.8) is 0 Å². The normalized spacial score (nSPS) is 20.4. The molecule has 1 atom stereocenters. The third-order valence-corrected chi connectivity index (χ3v) is 5.97. The van der Waals surface area contributed by atoms with Crippen LogP contribution in [0.4, 0.5) is 5.00 Å². The summed E-state index contributed by atoms with van der Waals surface area (Å²) in [6, 6.07) is 5.21. The molecule has 0 bridgehead atoms. The number of aromatic hydroxyl groups is 1. The molecule has 7 heteroatoms. The third kappa shape index (κ3) is 2.52. The number of likely N-dealkylation sites (N-methyl/N-ethyl adjacent to an activating group) is 1. The topological polar surface area (TPSA) is 64.6 Å². The molecule has 0 radical (unpaired) electrons. The Balaban J connectivity index is 1.73. The van der Waals surface area contributed by atoms with Crippen molar-refractivity contribution in [2.75, 3.05) is 18.9 Å². The number of phenolic OH excluding ortho intramolecular Hbond substituents is 1. The van der Waals surface area contributed by atoms with Gasteiger partial charge < -0.3 is 20.6 Å². The molecule has 0 aliphatic carbocycles. The van der Waals surface area contributed by atoms with Gasteiger partial charge in [-0.15, -0.1) is 11.3 Å². The van der Waals surface area contributed by atoms with Crippen molar-refractivity contribution in [1.29, 1.82) is 0 Å². The molecule has 0 spiro atoms. The smallest absolute Gasteiger partial charge is 0.256 e. The van der Waals surface area contributed by atoms with E-state index >= 15 is 0 Å². The lowest BCUT2D eigenvalue weighted by Crippen LogP contribution is -2.38. The fraction of sp³-hybridized carbons (Fsp3) is 0.312. The first kappa shape index (κ1) is 15.0. The minimum Gasteiger partial charge on any atom is -0.508 e. The average molecular weight is 394 g/mol. The Bertz CT molecular complexity index is 805. The van der Waals surface area contributed by atoms with Gasteiger partial charge in [-0.05, 0) is 37.2 Å². The monoisotopic (exact) mass is 393 g/mol. The van der Waals surface area contributed by atoms with Crippen LogP contribution < -0.4 is 10.6 Å². The zero-order valence-electron chi connectivity index (χ0n) is 12.5. The molecule has 23 heavy (non-hydrogen) atoms. The summed E-state index contributed by atoms with van der Waals surface area (Å²) in [5.74, 6) is 0.0979. The van der Waals surface area contributed by atoms with Gasteiger partial charge in [0.25, 0.3) is 5.91 Å². The van der Waals surface area contributed by atoms with Crippen LogP contribution in [0.1, 0.15) is 32.5 Å². The van der Waals surface area contributed by atoms with Crippen molar-refractivity contribution in [2.24, 2.45) is 0 Å². The number of nitrogens with zero attached hydrogens (tertiary/aromatic N) is 1. The van der Waals surface area contributed by atoms with Gasteiger partial charge in [0.15, 0.2) is 0 Å². The quantitative estimate of drug-likeness (QED) is 0.696. The van der Waals surface area contributed by atoms with Gasteiger partial charge in [0.1, 0.15) is 16.9 Å². The Morgan fingerprint density at radius 1 is 1.39 bits per heavy atom. The van der Waals surface area contributed by atoms with Gasteiger partial charge in [-0.3, -0.25) is 4.79 Å². The number of benzene rings is 1. The maximum atomic E-state index is 12.6. The molecule has 0 unspecified atom stereocenters. The summed E-state index contributed by atoms with van der Waals surface area (Å²) >= 11 is 5.06. The first-order valence-corrected chi connectivity index (χ1v) is 9.03. The number of nitrogens with one attached hydrogen (secondary N) is 2. The van der Waals surface area contributed by atoms with Gasteiger partial charge in [-0.2, -0.15) is 0 Å². The van der Waals surface area contributed by atoms with E-state index in [0.717, 1.165) is 34.5 Å². The third-order valence-electron chi connectivity index (χ3n) is 4.33. The highest BCUT2D eigenvalue weighted by molar-refractivity contribution is 9.10.